The first kappa shape index (κ1) is 25.9. The van der Waals surface area contributed by atoms with E-state index in [1.807, 2.05) is 30.8 Å². The Kier molecular flexibility index (Phi) is 6.70. The van der Waals surface area contributed by atoms with Crippen LogP contribution in [0.3, 0.4) is 0 Å². The van der Waals surface area contributed by atoms with Crippen LogP contribution in [0.2, 0.25) is 0 Å². The lowest BCUT2D eigenvalue weighted by Crippen LogP contribution is -2.51. The second-order valence-corrected chi connectivity index (χ2v) is 11.0. The minimum Gasteiger partial charge on any atom is -0.351 e. The molecule has 0 bridgehead atoms. The van der Waals surface area contributed by atoms with Gasteiger partial charge in [-0.2, -0.15) is 18.2 Å². The van der Waals surface area contributed by atoms with Gasteiger partial charge < -0.3 is 15.1 Å². The van der Waals surface area contributed by atoms with E-state index in [-0.39, 0.29) is 45.1 Å². The summed E-state index contributed by atoms with van der Waals surface area (Å²) in [5.74, 6) is -1.80. The highest BCUT2D eigenvalue weighted by Crippen LogP contribution is 2.50. The molecular weight excluding hydrogens is 513 g/mol. The topological polar surface area (TPSA) is 53.4 Å². The average molecular weight is 540 g/mol. The Balaban J connectivity index is 1.90. The van der Waals surface area contributed by atoms with E-state index in [0.29, 0.717) is 37.8 Å². The molecule has 2 unspecified atom stereocenters. The van der Waals surface area contributed by atoms with Crippen molar-refractivity contribution < 1.29 is 22.0 Å². The number of nitrogens with one attached hydrogen (secondary N) is 1. The fraction of sp³-hybridized carbons (Fsp3) is 0.440. The Morgan fingerprint density at radius 3 is 2.62 bits per heavy atom. The number of nitrogens with zero attached hydrogens (tertiary/aromatic N) is 4. The van der Waals surface area contributed by atoms with Crippen molar-refractivity contribution in [3.8, 4) is 11.1 Å². The first-order chi connectivity index (χ1) is 17.5. The molecule has 3 aromatic rings. The number of halogens is 5. The Bertz CT molecular complexity index is 1420. The molecule has 2 aliphatic heterocycles. The van der Waals surface area contributed by atoms with Gasteiger partial charge in [-0.3, -0.25) is 4.57 Å². The molecule has 1 N–H and O–H groups in total. The first-order valence-corrected chi connectivity index (χ1v) is 12.8. The number of hydrogen-bond acceptors (Lipinski definition) is 6. The predicted molar refractivity (Wildman–Crippen MR) is 134 cm³/mol. The highest BCUT2D eigenvalue weighted by molar-refractivity contribution is 8.00. The Labute approximate surface area is 214 Å². The number of thioether (sulfide) groups is 1. The summed E-state index contributed by atoms with van der Waals surface area (Å²) in [5.41, 5.74) is -2.06. The largest absolute Gasteiger partial charge is 0.417 e. The molecule has 3 heterocycles. The molecule has 0 aliphatic carbocycles. The maximum Gasteiger partial charge on any atom is 0.417 e. The van der Waals surface area contributed by atoms with E-state index in [2.05, 4.69) is 10.3 Å². The molecule has 1 saturated heterocycles. The molecule has 2 atom stereocenters. The summed E-state index contributed by atoms with van der Waals surface area (Å²) in [7, 11) is 3.66. The Hall–Kier alpha value is -2.70. The van der Waals surface area contributed by atoms with Gasteiger partial charge in [0, 0.05) is 71.5 Å². The third-order valence-corrected chi connectivity index (χ3v) is 7.98. The number of hydrogen-bond donors (Lipinski definition) is 1. The van der Waals surface area contributed by atoms with Gasteiger partial charge in [0.15, 0.2) is 0 Å². The molecule has 5 rings (SSSR count). The van der Waals surface area contributed by atoms with Gasteiger partial charge in [-0.05, 0) is 39.2 Å². The normalized spacial score (nSPS) is 20.2. The molecule has 0 radical (unpaired) electrons. The van der Waals surface area contributed by atoms with Crippen molar-refractivity contribution in [1.82, 2.24) is 19.8 Å². The van der Waals surface area contributed by atoms with Gasteiger partial charge in [-0.1, -0.05) is 0 Å². The monoisotopic (exact) mass is 539 g/mol. The van der Waals surface area contributed by atoms with Crippen LogP contribution in [0, 0.1) is 11.6 Å². The molecule has 1 fully saturated rings. The molecule has 37 heavy (non-hydrogen) atoms. The highest BCUT2D eigenvalue weighted by atomic mass is 32.2. The number of alkyl halides is 3. The fourth-order valence-corrected chi connectivity index (χ4v) is 6.74. The lowest BCUT2D eigenvalue weighted by Gasteiger charge is -2.37. The van der Waals surface area contributed by atoms with Crippen LogP contribution < -0.4 is 15.9 Å². The summed E-state index contributed by atoms with van der Waals surface area (Å²) >= 11 is 1.19. The van der Waals surface area contributed by atoms with Crippen LogP contribution in [0.25, 0.3) is 22.0 Å². The molecule has 6 nitrogen and oxygen atoms in total. The maximum atomic E-state index is 15.0. The van der Waals surface area contributed by atoms with Crippen molar-refractivity contribution in [2.45, 2.75) is 35.8 Å². The van der Waals surface area contributed by atoms with Gasteiger partial charge in [0.05, 0.1) is 11.1 Å². The smallest absolute Gasteiger partial charge is 0.351 e. The number of aromatic nitrogens is 2. The van der Waals surface area contributed by atoms with Gasteiger partial charge in [0.1, 0.15) is 17.5 Å². The average Bonchev–Trinajstić information content (AvgIpc) is 2.80. The first-order valence-electron chi connectivity index (χ1n) is 11.9. The summed E-state index contributed by atoms with van der Waals surface area (Å²) in [6, 6.07) is 3.40. The molecule has 2 aromatic carbocycles. The molecule has 0 amide bonds. The SMILES string of the molecule is CC1CNCCN1c1nc(=O)n2c3c(c(-c4ccc(F)cc4F)c(C(F)(F)F)cc13)SC(CN(C)C)C2. The minimum atomic E-state index is -4.84. The van der Waals surface area contributed by atoms with Crippen molar-refractivity contribution in [3.05, 3.63) is 51.9 Å². The molecule has 198 valence electrons. The zero-order valence-electron chi connectivity index (χ0n) is 20.5. The molecule has 2 aliphatic rings. The summed E-state index contributed by atoms with van der Waals surface area (Å²) in [4.78, 5) is 21.5. The molecule has 0 spiro atoms. The molecule has 0 saturated carbocycles. The molecule has 1 aromatic heterocycles. The van der Waals surface area contributed by atoms with E-state index in [1.165, 1.54) is 16.3 Å². The third-order valence-electron chi connectivity index (χ3n) is 6.72. The Morgan fingerprint density at radius 1 is 1.22 bits per heavy atom. The van der Waals surface area contributed by atoms with E-state index in [0.717, 1.165) is 18.2 Å². The molecular formula is C25H26F5N5OS. The lowest BCUT2D eigenvalue weighted by atomic mass is 9.95. The van der Waals surface area contributed by atoms with Gasteiger partial charge in [-0.15, -0.1) is 11.8 Å². The van der Waals surface area contributed by atoms with E-state index < -0.39 is 29.1 Å². The second kappa shape index (κ2) is 9.55. The van der Waals surface area contributed by atoms with Crippen LogP contribution >= 0.6 is 11.8 Å². The standard InChI is InChI=1S/C25H26F5N5OS/c1-13-10-31-6-7-34(13)23-17-9-18(25(28,29)30)20(16-5-4-14(26)8-19(16)27)22-21(17)35(24(36)32-23)12-15(37-22)11-33(2)3/h4-5,8-9,13,15,31H,6-7,10-12H2,1-3H3. The van der Waals surface area contributed by atoms with Gasteiger partial charge in [0.2, 0.25) is 0 Å². The molecule has 12 heteroatoms. The van der Waals surface area contributed by atoms with Crippen LogP contribution in [-0.2, 0) is 12.7 Å². The number of anilines is 1. The van der Waals surface area contributed by atoms with Crippen molar-refractivity contribution in [1.29, 1.82) is 0 Å². The van der Waals surface area contributed by atoms with Crippen molar-refractivity contribution in [3.63, 3.8) is 0 Å². The summed E-state index contributed by atoms with van der Waals surface area (Å²) < 4.78 is 74.0. The summed E-state index contributed by atoms with van der Waals surface area (Å²) in [6.45, 7) is 4.27. The number of benzene rings is 2. The third kappa shape index (κ3) is 4.70. The highest BCUT2D eigenvalue weighted by Gasteiger charge is 2.40. The van der Waals surface area contributed by atoms with Crippen LogP contribution in [0.1, 0.15) is 12.5 Å². The Morgan fingerprint density at radius 2 is 1.97 bits per heavy atom. The lowest BCUT2D eigenvalue weighted by molar-refractivity contribution is -0.137. The van der Waals surface area contributed by atoms with Crippen molar-refractivity contribution in [2.75, 3.05) is 45.2 Å². The van der Waals surface area contributed by atoms with Gasteiger partial charge in [0.25, 0.3) is 0 Å². The number of rotatable bonds is 4. The van der Waals surface area contributed by atoms with Crippen molar-refractivity contribution in [2.24, 2.45) is 0 Å². The second-order valence-electron chi connectivity index (χ2n) is 9.72. The quantitative estimate of drug-likeness (QED) is 0.502. The zero-order valence-corrected chi connectivity index (χ0v) is 21.3. The fourth-order valence-electron chi connectivity index (χ4n) is 5.14. The van der Waals surface area contributed by atoms with E-state index in [4.69, 9.17) is 0 Å². The van der Waals surface area contributed by atoms with Gasteiger partial charge >= 0.3 is 11.9 Å². The maximum absolute atomic E-state index is 15.0. The van der Waals surface area contributed by atoms with Gasteiger partial charge in [-0.25, -0.2) is 13.6 Å². The van der Waals surface area contributed by atoms with E-state index >= 15 is 4.39 Å². The van der Waals surface area contributed by atoms with Crippen molar-refractivity contribution >= 4 is 28.5 Å². The van der Waals surface area contributed by atoms with Crippen LogP contribution in [0.15, 0.2) is 34.0 Å². The van der Waals surface area contributed by atoms with Crippen LogP contribution in [0.5, 0.6) is 0 Å². The van der Waals surface area contributed by atoms with Crippen LogP contribution in [-0.4, -0.2) is 66.0 Å². The van der Waals surface area contributed by atoms with E-state index in [1.54, 1.807) is 0 Å². The summed E-state index contributed by atoms with van der Waals surface area (Å²) in [5, 5.41) is 3.13. The van der Waals surface area contributed by atoms with E-state index in [9.17, 15) is 22.4 Å². The minimum absolute atomic E-state index is 0.108. The predicted octanol–water partition coefficient (Wildman–Crippen LogP) is 4.19. The summed E-state index contributed by atoms with van der Waals surface area (Å²) in [6.07, 6.45) is -4.84. The zero-order chi connectivity index (χ0) is 26.6. The number of piperazine rings is 1. The van der Waals surface area contributed by atoms with Crippen LogP contribution in [0.4, 0.5) is 27.8 Å².